The second-order valence-electron chi connectivity index (χ2n) is 4.12. The zero-order chi connectivity index (χ0) is 15.1. The highest BCUT2D eigenvalue weighted by atomic mass is 32.1. The number of hydrogen-bond acceptors (Lipinski definition) is 3. The molecule has 0 saturated carbocycles. The summed E-state index contributed by atoms with van der Waals surface area (Å²) in [7, 11) is 0. The summed E-state index contributed by atoms with van der Waals surface area (Å²) in [5.74, 6) is 0. The molecule has 2 rings (SSSR count). The fourth-order valence-electron chi connectivity index (χ4n) is 1.67. The van der Waals surface area contributed by atoms with Crippen LogP contribution in [0.25, 0.3) is 0 Å². The van der Waals surface area contributed by atoms with E-state index >= 15 is 0 Å². The van der Waals surface area contributed by atoms with Crippen molar-refractivity contribution in [1.82, 2.24) is 5.43 Å². The Kier molecular flexibility index (Phi) is 5.00. The van der Waals surface area contributed by atoms with Crippen LogP contribution in [0.3, 0.4) is 0 Å². The highest BCUT2D eigenvalue weighted by Gasteiger charge is 2.10. The molecule has 0 saturated heterocycles. The SMILES string of the molecule is NC(=O)N/N=C(\C(=S)Nc1ccccc1)c1ccccc1. The van der Waals surface area contributed by atoms with Gasteiger partial charge in [-0.15, -0.1) is 0 Å². The molecule has 2 amide bonds. The van der Waals surface area contributed by atoms with E-state index in [0.717, 1.165) is 11.3 Å². The first kappa shape index (κ1) is 14.7. The summed E-state index contributed by atoms with van der Waals surface area (Å²) >= 11 is 5.36. The number of urea groups is 1. The lowest BCUT2D eigenvalue weighted by atomic mass is 10.1. The fourth-order valence-corrected chi connectivity index (χ4v) is 1.95. The van der Waals surface area contributed by atoms with Crippen molar-refractivity contribution in [3.05, 3.63) is 66.2 Å². The van der Waals surface area contributed by atoms with E-state index < -0.39 is 6.03 Å². The van der Waals surface area contributed by atoms with Crippen molar-refractivity contribution >= 4 is 34.6 Å². The van der Waals surface area contributed by atoms with Crippen molar-refractivity contribution < 1.29 is 4.79 Å². The Morgan fingerprint density at radius 3 is 2.14 bits per heavy atom. The normalized spacial score (nSPS) is 10.8. The Hall–Kier alpha value is -2.73. The molecule has 0 radical (unpaired) electrons. The largest absolute Gasteiger partial charge is 0.350 e. The van der Waals surface area contributed by atoms with Gasteiger partial charge in [-0.2, -0.15) is 5.10 Å². The summed E-state index contributed by atoms with van der Waals surface area (Å²) in [6.07, 6.45) is 0. The standard InChI is InChI=1S/C15H14N4OS/c16-15(20)19-18-13(11-7-3-1-4-8-11)14(21)17-12-9-5-2-6-10-12/h1-10H,(H,17,21)(H3,16,19,20)/b18-13-. The predicted octanol–water partition coefficient (Wildman–Crippen LogP) is 2.50. The topological polar surface area (TPSA) is 79.5 Å². The number of nitrogens with two attached hydrogens (primary N) is 1. The molecule has 106 valence electrons. The molecule has 2 aromatic rings. The van der Waals surface area contributed by atoms with E-state index in [9.17, 15) is 4.79 Å². The lowest BCUT2D eigenvalue weighted by Crippen LogP contribution is -2.30. The molecule has 0 aliphatic carbocycles. The van der Waals surface area contributed by atoms with Crippen LogP contribution in [0.2, 0.25) is 0 Å². The van der Waals surface area contributed by atoms with Crippen molar-refractivity contribution in [2.75, 3.05) is 5.32 Å². The quantitative estimate of drug-likeness (QED) is 0.461. The molecule has 5 nitrogen and oxygen atoms in total. The number of benzene rings is 2. The second-order valence-corrected chi connectivity index (χ2v) is 4.53. The summed E-state index contributed by atoms with van der Waals surface area (Å²) < 4.78 is 0. The van der Waals surface area contributed by atoms with Crippen LogP contribution in [0.1, 0.15) is 5.56 Å². The van der Waals surface area contributed by atoms with Gasteiger partial charge in [0, 0.05) is 11.3 Å². The third kappa shape index (κ3) is 4.39. The van der Waals surface area contributed by atoms with E-state index in [-0.39, 0.29) is 0 Å². The summed E-state index contributed by atoms with van der Waals surface area (Å²) in [5.41, 5.74) is 9.31. The number of hydrazone groups is 1. The Bertz CT molecular complexity index is 656. The molecule has 0 spiro atoms. The van der Waals surface area contributed by atoms with Crippen LogP contribution in [0.5, 0.6) is 0 Å². The summed E-state index contributed by atoms with van der Waals surface area (Å²) in [5, 5.41) is 7.05. The maximum atomic E-state index is 10.9. The number of primary amides is 1. The maximum Gasteiger partial charge on any atom is 0.332 e. The van der Waals surface area contributed by atoms with E-state index in [4.69, 9.17) is 18.0 Å². The van der Waals surface area contributed by atoms with Crippen LogP contribution in [0.4, 0.5) is 10.5 Å². The van der Waals surface area contributed by atoms with Crippen molar-refractivity contribution in [2.24, 2.45) is 10.8 Å². The number of anilines is 1. The monoisotopic (exact) mass is 298 g/mol. The van der Waals surface area contributed by atoms with Crippen molar-refractivity contribution in [3.8, 4) is 0 Å². The van der Waals surface area contributed by atoms with Gasteiger partial charge in [-0.1, -0.05) is 60.7 Å². The minimum absolute atomic E-state index is 0.390. The highest BCUT2D eigenvalue weighted by Crippen LogP contribution is 2.09. The van der Waals surface area contributed by atoms with Gasteiger partial charge in [0.2, 0.25) is 0 Å². The molecule has 0 bridgehead atoms. The van der Waals surface area contributed by atoms with Crippen LogP contribution in [0, 0.1) is 0 Å². The minimum Gasteiger partial charge on any atom is -0.350 e. The van der Waals surface area contributed by atoms with Gasteiger partial charge in [-0.3, -0.25) is 0 Å². The van der Waals surface area contributed by atoms with Gasteiger partial charge in [0.15, 0.2) is 0 Å². The van der Waals surface area contributed by atoms with Crippen LogP contribution in [-0.2, 0) is 0 Å². The highest BCUT2D eigenvalue weighted by molar-refractivity contribution is 7.82. The van der Waals surface area contributed by atoms with Gasteiger partial charge in [-0.05, 0) is 12.1 Å². The van der Waals surface area contributed by atoms with Crippen LogP contribution >= 0.6 is 12.2 Å². The smallest absolute Gasteiger partial charge is 0.332 e. The van der Waals surface area contributed by atoms with Crippen molar-refractivity contribution in [1.29, 1.82) is 0 Å². The number of hydrogen-bond donors (Lipinski definition) is 3. The average molecular weight is 298 g/mol. The Labute approximate surface area is 127 Å². The average Bonchev–Trinajstić information content (AvgIpc) is 2.49. The number of rotatable bonds is 4. The first-order valence-electron chi connectivity index (χ1n) is 6.22. The summed E-state index contributed by atoms with van der Waals surface area (Å²) in [6, 6.07) is 18.0. The van der Waals surface area contributed by atoms with Gasteiger partial charge >= 0.3 is 6.03 Å². The molecule has 0 aliphatic heterocycles. The number of nitrogens with zero attached hydrogens (tertiary/aromatic N) is 1. The van der Waals surface area contributed by atoms with Gasteiger partial charge in [0.1, 0.15) is 10.7 Å². The summed E-state index contributed by atoms with van der Waals surface area (Å²) in [4.78, 5) is 11.2. The molecule has 21 heavy (non-hydrogen) atoms. The number of nitrogens with one attached hydrogen (secondary N) is 2. The summed E-state index contributed by atoms with van der Waals surface area (Å²) in [6.45, 7) is 0. The molecular weight excluding hydrogens is 284 g/mol. The predicted molar refractivity (Wildman–Crippen MR) is 88.4 cm³/mol. The minimum atomic E-state index is -0.744. The fraction of sp³-hybridized carbons (Fsp3) is 0. The molecular formula is C15H14N4OS. The Morgan fingerprint density at radius 2 is 1.57 bits per heavy atom. The third-order valence-electron chi connectivity index (χ3n) is 2.57. The number of para-hydroxylation sites is 1. The zero-order valence-electron chi connectivity index (χ0n) is 11.1. The van der Waals surface area contributed by atoms with Crippen molar-refractivity contribution in [2.45, 2.75) is 0 Å². The molecule has 0 unspecified atom stereocenters. The van der Waals surface area contributed by atoms with E-state index in [1.165, 1.54) is 0 Å². The number of amides is 2. The second kappa shape index (κ2) is 7.16. The first-order chi connectivity index (χ1) is 10.2. The first-order valence-corrected chi connectivity index (χ1v) is 6.62. The molecule has 2 aromatic carbocycles. The number of carbonyl (C=O) groups excluding carboxylic acids is 1. The molecule has 6 heteroatoms. The Morgan fingerprint density at radius 1 is 1.00 bits per heavy atom. The lowest BCUT2D eigenvalue weighted by molar-refractivity contribution is 0.249. The zero-order valence-corrected chi connectivity index (χ0v) is 11.9. The van der Waals surface area contributed by atoms with E-state index in [2.05, 4.69) is 15.8 Å². The molecule has 0 aliphatic rings. The van der Waals surface area contributed by atoms with Crippen LogP contribution in [0.15, 0.2) is 65.8 Å². The van der Waals surface area contributed by atoms with Gasteiger partial charge in [0.05, 0.1) is 0 Å². The molecule has 0 aromatic heterocycles. The van der Waals surface area contributed by atoms with Crippen LogP contribution in [-0.4, -0.2) is 16.7 Å². The molecule has 0 fully saturated rings. The van der Waals surface area contributed by atoms with Crippen molar-refractivity contribution in [3.63, 3.8) is 0 Å². The third-order valence-corrected chi connectivity index (χ3v) is 2.87. The van der Waals surface area contributed by atoms with E-state index in [0.29, 0.717) is 10.7 Å². The Balaban J connectivity index is 2.25. The van der Waals surface area contributed by atoms with E-state index in [1.807, 2.05) is 60.7 Å². The maximum absolute atomic E-state index is 10.9. The molecule has 0 atom stereocenters. The van der Waals surface area contributed by atoms with Gasteiger partial charge in [0.25, 0.3) is 0 Å². The lowest BCUT2D eigenvalue weighted by Gasteiger charge is -2.11. The van der Waals surface area contributed by atoms with Gasteiger partial charge < -0.3 is 11.1 Å². The number of carbonyl (C=O) groups is 1. The van der Waals surface area contributed by atoms with E-state index in [1.54, 1.807) is 0 Å². The molecule has 4 N–H and O–H groups in total. The molecule has 0 heterocycles. The van der Waals surface area contributed by atoms with Gasteiger partial charge in [-0.25, -0.2) is 10.2 Å². The van der Waals surface area contributed by atoms with Crippen LogP contribution < -0.4 is 16.5 Å². The number of thiocarbonyl (C=S) groups is 1.